The molecule has 2 aromatic rings. The summed E-state index contributed by atoms with van der Waals surface area (Å²) in [6, 6.07) is 3.51. The quantitative estimate of drug-likeness (QED) is 0.874. The van der Waals surface area contributed by atoms with Gasteiger partial charge in [-0.3, -0.25) is 4.98 Å². The number of hydrogen-bond donors (Lipinski definition) is 1. The lowest BCUT2D eigenvalue weighted by atomic mass is 10.0. The Hall–Kier alpha value is -1.75. The van der Waals surface area contributed by atoms with Gasteiger partial charge in [0, 0.05) is 18.0 Å². The summed E-state index contributed by atoms with van der Waals surface area (Å²) in [5, 5.41) is 3.92. The van der Waals surface area contributed by atoms with Crippen LogP contribution in [-0.2, 0) is 0 Å². The molecule has 1 unspecified atom stereocenters. The monoisotopic (exact) mass is 232 g/mol. The molecule has 2 atom stereocenters. The first-order valence-electron chi connectivity index (χ1n) is 5.72. The molecule has 17 heavy (non-hydrogen) atoms. The zero-order valence-corrected chi connectivity index (χ0v) is 10.00. The Balaban J connectivity index is 2.22. The van der Waals surface area contributed by atoms with Crippen LogP contribution in [0.1, 0.15) is 32.2 Å². The Bertz CT molecular complexity index is 468. The smallest absolute Gasteiger partial charge is 0.244 e. The van der Waals surface area contributed by atoms with Gasteiger partial charge in [0.15, 0.2) is 0 Å². The molecular formula is C12H16N4O. The average molecular weight is 232 g/mol. The van der Waals surface area contributed by atoms with Gasteiger partial charge in [-0.25, -0.2) is 0 Å². The molecule has 0 spiro atoms. The minimum atomic E-state index is -0.210. The summed E-state index contributed by atoms with van der Waals surface area (Å²) in [6.07, 6.45) is 4.38. The summed E-state index contributed by atoms with van der Waals surface area (Å²) >= 11 is 0. The highest BCUT2D eigenvalue weighted by Gasteiger charge is 2.20. The predicted molar refractivity (Wildman–Crippen MR) is 63.9 cm³/mol. The van der Waals surface area contributed by atoms with Gasteiger partial charge in [0.2, 0.25) is 11.7 Å². The average Bonchev–Trinajstić information content (AvgIpc) is 2.87. The van der Waals surface area contributed by atoms with Crippen molar-refractivity contribution in [3.63, 3.8) is 0 Å². The number of nitrogens with two attached hydrogens (primary N) is 1. The van der Waals surface area contributed by atoms with E-state index in [9.17, 15) is 0 Å². The van der Waals surface area contributed by atoms with Crippen molar-refractivity contribution in [2.24, 2.45) is 11.7 Å². The fourth-order valence-electron chi connectivity index (χ4n) is 1.48. The lowest BCUT2D eigenvalue weighted by Gasteiger charge is -2.12. The van der Waals surface area contributed by atoms with Crippen LogP contribution in [0.2, 0.25) is 0 Å². The van der Waals surface area contributed by atoms with Gasteiger partial charge in [0.05, 0.1) is 6.04 Å². The normalized spacial score (nSPS) is 14.5. The van der Waals surface area contributed by atoms with Crippen molar-refractivity contribution in [3.8, 4) is 11.4 Å². The van der Waals surface area contributed by atoms with Crippen molar-refractivity contribution in [1.29, 1.82) is 0 Å². The number of rotatable bonds is 4. The Morgan fingerprint density at radius 2 is 2.29 bits per heavy atom. The van der Waals surface area contributed by atoms with Crippen molar-refractivity contribution >= 4 is 0 Å². The topological polar surface area (TPSA) is 77.8 Å². The van der Waals surface area contributed by atoms with Gasteiger partial charge in [-0.2, -0.15) is 4.98 Å². The third-order valence-corrected chi connectivity index (χ3v) is 2.90. The van der Waals surface area contributed by atoms with E-state index in [2.05, 4.69) is 29.0 Å². The second kappa shape index (κ2) is 5.05. The van der Waals surface area contributed by atoms with Crippen LogP contribution in [0.4, 0.5) is 0 Å². The molecule has 2 rings (SSSR count). The van der Waals surface area contributed by atoms with Gasteiger partial charge >= 0.3 is 0 Å². The van der Waals surface area contributed by atoms with Gasteiger partial charge < -0.3 is 10.3 Å². The molecule has 5 nitrogen and oxygen atoms in total. The summed E-state index contributed by atoms with van der Waals surface area (Å²) in [7, 11) is 0. The maximum Gasteiger partial charge on any atom is 0.244 e. The third kappa shape index (κ3) is 2.50. The van der Waals surface area contributed by atoms with Crippen molar-refractivity contribution in [2.45, 2.75) is 26.3 Å². The van der Waals surface area contributed by atoms with Crippen molar-refractivity contribution in [1.82, 2.24) is 15.1 Å². The van der Waals surface area contributed by atoms with Gasteiger partial charge in [0.1, 0.15) is 0 Å². The van der Waals surface area contributed by atoms with Crippen LogP contribution in [0.5, 0.6) is 0 Å². The van der Waals surface area contributed by atoms with E-state index in [4.69, 9.17) is 10.3 Å². The molecule has 0 saturated carbocycles. The number of hydrogen-bond acceptors (Lipinski definition) is 5. The van der Waals surface area contributed by atoms with Crippen LogP contribution in [0.15, 0.2) is 29.0 Å². The number of nitrogens with zero attached hydrogens (tertiary/aromatic N) is 3. The van der Waals surface area contributed by atoms with Crippen LogP contribution in [0.25, 0.3) is 11.4 Å². The van der Waals surface area contributed by atoms with Gasteiger partial charge in [-0.1, -0.05) is 25.4 Å². The van der Waals surface area contributed by atoms with Gasteiger partial charge in [-0.15, -0.1) is 0 Å². The molecule has 0 aromatic carbocycles. The van der Waals surface area contributed by atoms with E-state index in [1.165, 1.54) is 0 Å². The number of pyridine rings is 1. The van der Waals surface area contributed by atoms with E-state index in [0.29, 0.717) is 17.6 Å². The number of aromatic nitrogens is 3. The van der Waals surface area contributed by atoms with Crippen molar-refractivity contribution in [3.05, 3.63) is 30.4 Å². The van der Waals surface area contributed by atoms with E-state index in [0.717, 1.165) is 12.0 Å². The van der Waals surface area contributed by atoms with E-state index < -0.39 is 0 Å². The zero-order valence-electron chi connectivity index (χ0n) is 10.00. The standard InChI is InChI=1S/C12H16N4O/c1-3-8(2)10(13)12-15-11(16-17-12)9-5-4-6-14-7-9/h4-8,10H,3,13H2,1-2H3/t8?,10-/m0/s1. The molecule has 0 aliphatic rings. The molecule has 90 valence electrons. The molecular weight excluding hydrogens is 216 g/mol. The highest BCUT2D eigenvalue weighted by atomic mass is 16.5. The highest BCUT2D eigenvalue weighted by molar-refractivity contribution is 5.51. The Morgan fingerprint density at radius 3 is 2.94 bits per heavy atom. The minimum Gasteiger partial charge on any atom is -0.337 e. The molecule has 0 radical (unpaired) electrons. The Kier molecular flexibility index (Phi) is 3.49. The summed E-state index contributed by atoms with van der Waals surface area (Å²) < 4.78 is 5.19. The molecule has 0 amide bonds. The Labute approximate surface area is 100 Å². The van der Waals surface area contributed by atoms with Crippen LogP contribution >= 0.6 is 0 Å². The molecule has 2 N–H and O–H groups in total. The first-order chi connectivity index (χ1) is 8.22. The lowest BCUT2D eigenvalue weighted by molar-refractivity contribution is 0.312. The molecule has 5 heteroatoms. The minimum absolute atomic E-state index is 0.210. The van der Waals surface area contributed by atoms with E-state index in [1.54, 1.807) is 12.4 Å². The lowest BCUT2D eigenvalue weighted by Crippen LogP contribution is -2.18. The molecule has 2 aromatic heterocycles. The largest absolute Gasteiger partial charge is 0.337 e. The second-order valence-corrected chi connectivity index (χ2v) is 4.11. The molecule has 2 heterocycles. The van der Waals surface area contributed by atoms with Gasteiger partial charge in [-0.05, 0) is 18.1 Å². The molecule has 0 saturated heterocycles. The fraction of sp³-hybridized carbons (Fsp3) is 0.417. The summed E-state index contributed by atoms with van der Waals surface area (Å²) in [4.78, 5) is 8.32. The SMILES string of the molecule is CCC(C)[C@H](N)c1nc(-c2cccnc2)no1. The van der Waals surface area contributed by atoms with Crippen LogP contribution in [0, 0.1) is 5.92 Å². The van der Waals surface area contributed by atoms with Gasteiger partial charge in [0.25, 0.3) is 0 Å². The summed E-state index contributed by atoms with van der Waals surface area (Å²) in [6.45, 7) is 4.15. The molecule has 0 bridgehead atoms. The van der Waals surface area contributed by atoms with E-state index in [-0.39, 0.29) is 6.04 Å². The van der Waals surface area contributed by atoms with E-state index in [1.807, 2.05) is 12.1 Å². The van der Waals surface area contributed by atoms with Crippen molar-refractivity contribution in [2.75, 3.05) is 0 Å². The molecule has 0 aliphatic heterocycles. The molecule has 0 aliphatic carbocycles. The summed E-state index contributed by atoms with van der Waals surface area (Å²) in [5.41, 5.74) is 6.86. The third-order valence-electron chi connectivity index (χ3n) is 2.90. The van der Waals surface area contributed by atoms with Crippen LogP contribution in [0.3, 0.4) is 0 Å². The molecule has 0 fully saturated rings. The zero-order chi connectivity index (χ0) is 12.3. The summed E-state index contributed by atoms with van der Waals surface area (Å²) in [5.74, 6) is 1.34. The Morgan fingerprint density at radius 1 is 1.47 bits per heavy atom. The maximum absolute atomic E-state index is 6.03. The predicted octanol–water partition coefficient (Wildman–Crippen LogP) is 2.18. The van der Waals surface area contributed by atoms with E-state index >= 15 is 0 Å². The van der Waals surface area contributed by atoms with Crippen molar-refractivity contribution < 1.29 is 4.52 Å². The van der Waals surface area contributed by atoms with Crippen LogP contribution in [-0.4, -0.2) is 15.1 Å². The van der Waals surface area contributed by atoms with Crippen LogP contribution < -0.4 is 5.73 Å². The maximum atomic E-state index is 6.03. The fourth-order valence-corrected chi connectivity index (χ4v) is 1.48. The first kappa shape index (κ1) is 11.7. The highest BCUT2D eigenvalue weighted by Crippen LogP contribution is 2.22. The second-order valence-electron chi connectivity index (χ2n) is 4.11. The first-order valence-corrected chi connectivity index (χ1v) is 5.72.